The minimum atomic E-state index is -4.79. The van der Waals surface area contributed by atoms with Crippen molar-refractivity contribution < 1.29 is 26.3 Å². The lowest BCUT2D eigenvalue weighted by atomic mass is 9.94. The van der Waals surface area contributed by atoms with Crippen LogP contribution in [0.25, 0.3) is 32.7 Å². The molecule has 0 N–H and O–H groups in total. The van der Waals surface area contributed by atoms with Crippen molar-refractivity contribution in [2.45, 2.75) is 32.4 Å². The lowest BCUT2D eigenvalue weighted by Crippen LogP contribution is -2.07. The van der Waals surface area contributed by atoms with E-state index >= 15 is 0 Å². The summed E-state index contributed by atoms with van der Waals surface area (Å²) in [5, 5.41) is 1.39. The molecule has 0 saturated carbocycles. The molecule has 0 spiro atoms. The SMILES string of the molecule is CCCCc1ccc2c(cc(F)c3cc(-c4ccc(C(F)(F)F)c(F)c4)ccc32)c1F. The fourth-order valence-electron chi connectivity index (χ4n) is 3.86. The number of unbranched alkanes of at least 4 members (excludes halogenated alkanes) is 1. The summed E-state index contributed by atoms with van der Waals surface area (Å²) in [5.74, 6) is -2.49. The van der Waals surface area contributed by atoms with Gasteiger partial charge in [-0.1, -0.05) is 43.7 Å². The van der Waals surface area contributed by atoms with Gasteiger partial charge in [-0.15, -0.1) is 0 Å². The average Bonchev–Trinajstić information content (AvgIpc) is 2.72. The Kier molecular flexibility index (Phi) is 5.42. The first-order valence-electron chi connectivity index (χ1n) is 9.91. The van der Waals surface area contributed by atoms with Gasteiger partial charge >= 0.3 is 6.18 Å². The molecule has 0 radical (unpaired) electrons. The van der Waals surface area contributed by atoms with Crippen LogP contribution in [0.3, 0.4) is 0 Å². The summed E-state index contributed by atoms with van der Waals surface area (Å²) in [6, 6.07) is 11.8. The van der Waals surface area contributed by atoms with E-state index in [0.29, 0.717) is 34.4 Å². The van der Waals surface area contributed by atoms with Gasteiger partial charge in [0, 0.05) is 10.8 Å². The summed E-state index contributed by atoms with van der Waals surface area (Å²) >= 11 is 0. The first kappa shape index (κ1) is 21.2. The maximum Gasteiger partial charge on any atom is 0.419 e. The monoisotopic (exact) mass is 432 g/mol. The van der Waals surface area contributed by atoms with Gasteiger partial charge in [0.1, 0.15) is 17.5 Å². The molecule has 0 unspecified atom stereocenters. The van der Waals surface area contributed by atoms with E-state index < -0.39 is 29.2 Å². The van der Waals surface area contributed by atoms with Crippen LogP contribution in [0.15, 0.2) is 54.6 Å². The molecule has 0 amide bonds. The molecule has 0 saturated heterocycles. The van der Waals surface area contributed by atoms with Crippen LogP contribution in [0.5, 0.6) is 0 Å². The topological polar surface area (TPSA) is 0 Å². The van der Waals surface area contributed by atoms with Crippen LogP contribution in [-0.4, -0.2) is 0 Å². The van der Waals surface area contributed by atoms with Crippen LogP contribution >= 0.6 is 0 Å². The number of benzene rings is 4. The second-order valence-corrected chi connectivity index (χ2v) is 7.55. The molecule has 31 heavy (non-hydrogen) atoms. The molecule has 160 valence electrons. The minimum Gasteiger partial charge on any atom is -0.206 e. The second-order valence-electron chi connectivity index (χ2n) is 7.55. The molecule has 0 atom stereocenters. The van der Waals surface area contributed by atoms with Crippen LogP contribution in [-0.2, 0) is 12.6 Å². The first-order chi connectivity index (χ1) is 14.7. The Hall–Kier alpha value is -3.02. The van der Waals surface area contributed by atoms with Gasteiger partial charge in [-0.2, -0.15) is 13.2 Å². The molecular weight excluding hydrogens is 414 g/mol. The van der Waals surface area contributed by atoms with Crippen molar-refractivity contribution in [1.29, 1.82) is 0 Å². The fraction of sp³-hybridized carbons (Fsp3) is 0.200. The van der Waals surface area contributed by atoms with Crippen molar-refractivity contribution in [3.63, 3.8) is 0 Å². The van der Waals surface area contributed by atoms with Gasteiger partial charge in [-0.05, 0) is 64.6 Å². The third-order valence-electron chi connectivity index (χ3n) is 5.51. The van der Waals surface area contributed by atoms with Crippen LogP contribution in [0.1, 0.15) is 30.9 Å². The van der Waals surface area contributed by atoms with Crippen molar-refractivity contribution in [3.05, 3.63) is 83.2 Å². The van der Waals surface area contributed by atoms with E-state index in [-0.39, 0.29) is 16.3 Å². The molecule has 0 nitrogen and oxygen atoms in total. The van der Waals surface area contributed by atoms with Crippen molar-refractivity contribution in [2.24, 2.45) is 0 Å². The number of alkyl halides is 3. The minimum absolute atomic E-state index is 0.186. The molecule has 0 aliphatic rings. The number of hydrogen-bond donors (Lipinski definition) is 0. The number of hydrogen-bond acceptors (Lipinski definition) is 0. The highest BCUT2D eigenvalue weighted by molar-refractivity contribution is 6.09. The van der Waals surface area contributed by atoms with Gasteiger partial charge in [0.25, 0.3) is 0 Å². The lowest BCUT2D eigenvalue weighted by Gasteiger charge is -2.12. The highest BCUT2D eigenvalue weighted by atomic mass is 19.4. The van der Waals surface area contributed by atoms with E-state index in [2.05, 4.69) is 0 Å². The van der Waals surface area contributed by atoms with Crippen molar-refractivity contribution >= 4 is 21.5 Å². The Labute approximate surface area is 175 Å². The maximum absolute atomic E-state index is 14.9. The third kappa shape index (κ3) is 3.87. The van der Waals surface area contributed by atoms with Crippen molar-refractivity contribution in [2.75, 3.05) is 0 Å². The van der Waals surface area contributed by atoms with Crippen molar-refractivity contribution in [1.82, 2.24) is 0 Å². The van der Waals surface area contributed by atoms with E-state index in [1.165, 1.54) is 6.07 Å². The van der Waals surface area contributed by atoms with Crippen LogP contribution in [0, 0.1) is 17.5 Å². The average molecular weight is 432 g/mol. The van der Waals surface area contributed by atoms with Gasteiger partial charge in [0.05, 0.1) is 5.56 Å². The van der Waals surface area contributed by atoms with Crippen LogP contribution in [0.2, 0.25) is 0 Å². The first-order valence-corrected chi connectivity index (χ1v) is 9.91. The van der Waals surface area contributed by atoms with E-state index in [1.807, 2.05) is 6.92 Å². The van der Waals surface area contributed by atoms with Gasteiger partial charge in [0.15, 0.2) is 0 Å². The van der Waals surface area contributed by atoms with E-state index in [0.717, 1.165) is 31.0 Å². The van der Waals surface area contributed by atoms with Gasteiger partial charge in [0.2, 0.25) is 0 Å². The van der Waals surface area contributed by atoms with Crippen LogP contribution < -0.4 is 0 Å². The largest absolute Gasteiger partial charge is 0.419 e. The molecule has 0 heterocycles. The van der Waals surface area contributed by atoms with E-state index in [9.17, 15) is 26.3 Å². The number of rotatable bonds is 4. The summed E-state index contributed by atoms with van der Waals surface area (Å²) in [4.78, 5) is 0. The summed E-state index contributed by atoms with van der Waals surface area (Å²) in [5.41, 5.74) is -0.278. The maximum atomic E-state index is 14.9. The summed E-state index contributed by atoms with van der Waals surface area (Å²) in [6.45, 7) is 2.01. The molecule has 0 bridgehead atoms. The number of halogens is 6. The van der Waals surface area contributed by atoms with Gasteiger partial charge < -0.3 is 0 Å². The highest BCUT2D eigenvalue weighted by Crippen LogP contribution is 2.36. The Morgan fingerprint density at radius 3 is 2.00 bits per heavy atom. The predicted molar refractivity (Wildman–Crippen MR) is 110 cm³/mol. The molecule has 6 heteroatoms. The van der Waals surface area contributed by atoms with Gasteiger partial charge in [-0.25, -0.2) is 13.2 Å². The summed E-state index contributed by atoms with van der Waals surface area (Å²) in [7, 11) is 0. The standard InChI is InChI=1S/C25H18F6/c1-2-3-4-14-5-8-18-17-9-6-15(11-19(17)22(26)13-20(18)24(14)28)16-7-10-21(23(27)12-16)25(29,30)31/h5-13H,2-4H2,1H3. The molecular formula is C25H18F6. The molecule has 4 rings (SSSR count). The zero-order valence-electron chi connectivity index (χ0n) is 16.6. The Bertz CT molecular complexity index is 1290. The molecule has 0 aliphatic heterocycles. The third-order valence-corrected chi connectivity index (χ3v) is 5.51. The summed E-state index contributed by atoms with van der Waals surface area (Å²) < 4.78 is 82.2. The lowest BCUT2D eigenvalue weighted by molar-refractivity contribution is -0.139. The van der Waals surface area contributed by atoms with E-state index in [4.69, 9.17) is 0 Å². The molecule has 4 aromatic carbocycles. The second kappa shape index (κ2) is 7.91. The summed E-state index contributed by atoms with van der Waals surface area (Å²) in [6.07, 6.45) is -2.49. The predicted octanol–water partition coefficient (Wildman–Crippen LogP) is 8.44. The Balaban J connectivity index is 1.84. The highest BCUT2D eigenvalue weighted by Gasteiger charge is 2.34. The molecule has 0 aliphatic carbocycles. The molecule has 4 aromatic rings. The zero-order valence-corrected chi connectivity index (χ0v) is 16.6. The van der Waals surface area contributed by atoms with Crippen molar-refractivity contribution in [3.8, 4) is 11.1 Å². The smallest absolute Gasteiger partial charge is 0.206 e. The Morgan fingerprint density at radius 2 is 1.32 bits per heavy atom. The Morgan fingerprint density at radius 1 is 0.677 bits per heavy atom. The normalized spacial score (nSPS) is 12.1. The molecule has 0 fully saturated rings. The van der Waals surface area contributed by atoms with Crippen LogP contribution in [0.4, 0.5) is 26.3 Å². The number of fused-ring (bicyclic) bond motifs is 3. The zero-order chi connectivity index (χ0) is 22.3. The molecule has 0 aromatic heterocycles. The van der Waals surface area contributed by atoms with Gasteiger partial charge in [-0.3, -0.25) is 0 Å². The fourth-order valence-corrected chi connectivity index (χ4v) is 3.86. The quantitative estimate of drug-likeness (QED) is 0.224. The number of aryl methyl sites for hydroxylation is 1. The van der Waals surface area contributed by atoms with E-state index in [1.54, 1.807) is 24.3 Å².